The number of likely N-dealkylation sites (N-methyl/N-ethyl adjacent to an activating group) is 1. The smallest absolute Gasteiger partial charge is 0.408 e. The van der Waals surface area contributed by atoms with Crippen LogP contribution in [0.3, 0.4) is 0 Å². The minimum absolute atomic E-state index is 0.0447. The standard InChI is InChI=1S/C38H58N6O8.C4H10/c1-9-24(4)21-26(41-33(48)27-17-13-20-44(27)35(50)31(37(5,6)7)43-36(51)52-23(2)3)30(46)34(49)40-22-28(45)42-29(25-15-11-10-12-16-25)32(47)38(39-8)18-14-19-38;1-3-4-2/h10-12,15-16,23-24,26-27,29,31,39H,9,13-14,17-22H2,1-8H3,(H,40,49)(H,41,48)(H,42,45)(H,43,51);3-4H2,1-2H3. The molecule has 0 bridgehead atoms. The molecule has 5 N–H and O–H groups in total. The van der Waals surface area contributed by atoms with Crippen LogP contribution in [0.25, 0.3) is 0 Å². The molecule has 2 fully saturated rings. The largest absolute Gasteiger partial charge is 0.447 e. The van der Waals surface area contributed by atoms with E-state index in [0.29, 0.717) is 37.7 Å². The van der Waals surface area contributed by atoms with Gasteiger partial charge in [0.15, 0.2) is 5.78 Å². The monoisotopic (exact) mass is 785 g/mol. The molecule has 1 saturated carbocycles. The lowest BCUT2D eigenvalue weighted by atomic mass is 9.71. The third kappa shape index (κ3) is 13.7. The highest BCUT2D eigenvalue weighted by atomic mass is 16.6. The van der Waals surface area contributed by atoms with Gasteiger partial charge in [-0.3, -0.25) is 28.8 Å². The van der Waals surface area contributed by atoms with Crippen molar-refractivity contribution in [3.05, 3.63) is 35.9 Å². The Bertz CT molecular complexity index is 1480. The van der Waals surface area contributed by atoms with Gasteiger partial charge in [-0.05, 0) is 76.3 Å². The summed E-state index contributed by atoms with van der Waals surface area (Å²) in [5.74, 6) is -3.91. The average molecular weight is 785 g/mol. The number of ether oxygens (including phenoxy) is 1. The van der Waals surface area contributed by atoms with Crippen molar-refractivity contribution in [2.75, 3.05) is 20.1 Å². The number of benzene rings is 1. The van der Waals surface area contributed by atoms with E-state index in [-0.39, 0.29) is 24.7 Å². The van der Waals surface area contributed by atoms with E-state index in [9.17, 15) is 33.6 Å². The highest BCUT2D eigenvalue weighted by Gasteiger charge is 2.47. The number of carbonyl (C=O) groups excluding carboxylic acids is 7. The topological polar surface area (TPSA) is 192 Å². The molecule has 0 spiro atoms. The van der Waals surface area contributed by atoms with Gasteiger partial charge in [-0.15, -0.1) is 0 Å². The maximum absolute atomic E-state index is 13.8. The zero-order valence-electron chi connectivity index (χ0n) is 35.3. The van der Waals surface area contributed by atoms with Gasteiger partial charge >= 0.3 is 6.09 Å². The van der Waals surface area contributed by atoms with Crippen LogP contribution in [0.4, 0.5) is 4.79 Å². The predicted molar refractivity (Wildman–Crippen MR) is 215 cm³/mol. The van der Waals surface area contributed by atoms with Gasteiger partial charge < -0.3 is 36.2 Å². The molecule has 5 atom stereocenters. The number of unbranched alkanes of at least 4 members (excludes halogenated alkanes) is 1. The maximum Gasteiger partial charge on any atom is 0.408 e. The van der Waals surface area contributed by atoms with Crippen LogP contribution in [-0.2, 0) is 33.5 Å². The summed E-state index contributed by atoms with van der Waals surface area (Å²) >= 11 is 0. The van der Waals surface area contributed by atoms with E-state index in [0.717, 1.165) is 6.42 Å². The van der Waals surface area contributed by atoms with E-state index in [2.05, 4.69) is 40.4 Å². The van der Waals surface area contributed by atoms with Crippen LogP contribution >= 0.6 is 0 Å². The maximum atomic E-state index is 13.8. The van der Waals surface area contributed by atoms with Gasteiger partial charge in [0.1, 0.15) is 18.1 Å². The molecule has 56 heavy (non-hydrogen) atoms. The molecule has 5 amide bonds. The summed E-state index contributed by atoms with van der Waals surface area (Å²) in [5, 5.41) is 13.6. The third-order valence-electron chi connectivity index (χ3n) is 10.5. The Balaban J connectivity index is 0.00000258. The number of carbonyl (C=O) groups is 7. The van der Waals surface area contributed by atoms with E-state index in [1.807, 2.05) is 13.8 Å². The number of nitrogens with one attached hydrogen (secondary N) is 5. The summed E-state index contributed by atoms with van der Waals surface area (Å²) in [5.41, 5.74) is -0.867. The summed E-state index contributed by atoms with van der Waals surface area (Å²) < 4.78 is 5.20. The summed E-state index contributed by atoms with van der Waals surface area (Å²) in [6.07, 6.45) is 5.35. The fourth-order valence-electron chi connectivity index (χ4n) is 6.54. The third-order valence-corrected chi connectivity index (χ3v) is 10.5. The summed E-state index contributed by atoms with van der Waals surface area (Å²) in [6, 6.07) is 4.74. The Hall–Kier alpha value is -4.33. The second kappa shape index (κ2) is 22.4. The molecule has 5 unspecified atom stereocenters. The molecule has 1 saturated heterocycles. The lowest BCUT2D eigenvalue weighted by molar-refractivity contribution is -0.144. The van der Waals surface area contributed by atoms with Crippen molar-refractivity contribution in [3.63, 3.8) is 0 Å². The molecule has 1 aromatic carbocycles. The van der Waals surface area contributed by atoms with Crippen LogP contribution in [-0.4, -0.2) is 96.1 Å². The van der Waals surface area contributed by atoms with Crippen molar-refractivity contribution in [2.24, 2.45) is 11.3 Å². The van der Waals surface area contributed by atoms with Gasteiger partial charge in [-0.25, -0.2) is 4.79 Å². The van der Waals surface area contributed by atoms with Crippen LogP contribution in [0.2, 0.25) is 0 Å². The van der Waals surface area contributed by atoms with Crippen LogP contribution < -0.4 is 26.6 Å². The Morgan fingerprint density at radius 1 is 0.893 bits per heavy atom. The molecular formula is C42H68N6O8. The zero-order valence-corrected chi connectivity index (χ0v) is 35.3. The Morgan fingerprint density at radius 3 is 2.02 bits per heavy atom. The predicted octanol–water partition coefficient (Wildman–Crippen LogP) is 4.51. The van der Waals surface area contributed by atoms with Gasteiger partial charge in [0.2, 0.25) is 23.5 Å². The number of nitrogens with zero attached hydrogens (tertiary/aromatic N) is 1. The van der Waals surface area contributed by atoms with Gasteiger partial charge in [-0.2, -0.15) is 0 Å². The first kappa shape index (κ1) is 47.8. The van der Waals surface area contributed by atoms with Gasteiger partial charge in [0.05, 0.1) is 24.2 Å². The Morgan fingerprint density at radius 2 is 1.52 bits per heavy atom. The first-order chi connectivity index (χ1) is 26.3. The number of hydrogen-bond donors (Lipinski definition) is 5. The number of rotatable bonds is 18. The normalized spacial score (nSPS) is 18.1. The van der Waals surface area contributed by atoms with Crippen molar-refractivity contribution < 1.29 is 38.3 Å². The highest BCUT2D eigenvalue weighted by molar-refractivity contribution is 6.38. The molecular weight excluding hydrogens is 716 g/mol. The molecule has 1 aliphatic carbocycles. The quantitative estimate of drug-likeness (QED) is 0.133. The van der Waals surface area contributed by atoms with Gasteiger partial charge in [-0.1, -0.05) is 98.1 Å². The van der Waals surface area contributed by atoms with E-state index in [1.54, 1.807) is 72.0 Å². The van der Waals surface area contributed by atoms with Crippen molar-refractivity contribution >= 4 is 41.3 Å². The zero-order chi connectivity index (χ0) is 42.2. The molecule has 1 heterocycles. The lowest BCUT2D eigenvalue weighted by Crippen LogP contribution is -2.60. The van der Waals surface area contributed by atoms with E-state index in [1.165, 1.54) is 17.7 Å². The number of likely N-dealkylation sites (tertiary alicyclic amines) is 1. The minimum atomic E-state index is -1.21. The molecule has 1 aliphatic heterocycles. The fraction of sp³-hybridized carbons (Fsp3) is 0.690. The first-order valence-electron chi connectivity index (χ1n) is 20.3. The molecule has 14 heteroatoms. The van der Waals surface area contributed by atoms with E-state index < -0.39 is 83.3 Å². The molecule has 1 aromatic rings. The minimum Gasteiger partial charge on any atom is -0.447 e. The van der Waals surface area contributed by atoms with Crippen molar-refractivity contribution in [1.82, 2.24) is 31.5 Å². The molecule has 0 aromatic heterocycles. The molecule has 0 radical (unpaired) electrons. The first-order valence-corrected chi connectivity index (χ1v) is 20.3. The molecule has 2 aliphatic rings. The van der Waals surface area contributed by atoms with Crippen molar-refractivity contribution in [2.45, 2.75) is 156 Å². The number of alkyl carbamates (subject to hydrolysis) is 1. The Kier molecular flexibility index (Phi) is 19.1. The van der Waals surface area contributed by atoms with Crippen molar-refractivity contribution in [3.8, 4) is 0 Å². The van der Waals surface area contributed by atoms with E-state index in [4.69, 9.17) is 4.74 Å². The lowest BCUT2D eigenvalue weighted by Gasteiger charge is -2.42. The van der Waals surface area contributed by atoms with Gasteiger partial charge in [0, 0.05) is 6.54 Å². The van der Waals surface area contributed by atoms with Crippen molar-refractivity contribution in [1.29, 1.82) is 0 Å². The highest BCUT2D eigenvalue weighted by Crippen LogP contribution is 2.36. The average Bonchev–Trinajstić information content (AvgIpc) is 3.64. The van der Waals surface area contributed by atoms with Crippen LogP contribution in [0.5, 0.6) is 0 Å². The molecule has 14 nitrogen and oxygen atoms in total. The number of amides is 5. The molecule has 314 valence electrons. The second-order valence-electron chi connectivity index (χ2n) is 16.4. The molecule has 3 rings (SSSR count). The van der Waals surface area contributed by atoms with Crippen LogP contribution in [0.1, 0.15) is 132 Å². The van der Waals surface area contributed by atoms with E-state index >= 15 is 0 Å². The van der Waals surface area contributed by atoms with Crippen LogP contribution in [0.15, 0.2) is 30.3 Å². The number of ketones is 2. The Labute approximate surface area is 333 Å². The number of Topliss-reactive ketones (excluding diaryl/α,β-unsaturated/α-hetero) is 2. The summed E-state index contributed by atoms with van der Waals surface area (Å²) in [6.45, 7) is 16.6. The summed E-state index contributed by atoms with van der Waals surface area (Å²) in [4.78, 5) is 94.9. The SMILES string of the molecule is CCC(C)CC(NC(=O)C1CCCN1C(=O)C(NC(=O)OC(C)C)C(C)(C)C)C(=O)C(=O)NCC(=O)NC(C(=O)C1(NC)CCC1)c1ccccc1.CCCC. The summed E-state index contributed by atoms with van der Waals surface area (Å²) in [7, 11) is 1.72. The van der Waals surface area contributed by atoms with Crippen LogP contribution in [0, 0.1) is 11.3 Å². The fourth-order valence-corrected chi connectivity index (χ4v) is 6.54. The second-order valence-corrected chi connectivity index (χ2v) is 16.4. The van der Waals surface area contributed by atoms with Gasteiger partial charge in [0.25, 0.3) is 5.91 Å². The number of hydrogen-bond acceptors (Lipinski definition) is 9.